The summed E-state index contributed by atoms with van der Waals surface area (Å²) in [5, 5.41) is 2.73. The van der Waals surface area contributed by atoms with E-state index in [2.05, 4.69) is 20.0 Å². The normalized spacial score (nSPS) is 15.1. The van der Waals surface area contributed by atoms with Crippen molar-refractivity contribution in [3.05, 3.63) is 16.9 Å². The van der Waals surface area contributed by atoms with E-state index in [-0.39, 0.29) is 23.8 Å². The van der Waals surface area contributed by atoms with Crippen LogP contribution in [-0.4, -0.2) is 56.7 Å². The Bertz CT molecular complexity index is 646. The average Bonchev–Trinajstić information content (AvgIpc) is 2.97. The zero-order valence-corrected chi connectivity index (χ0v) is 13.7. The van der Waals surface area contributed by atoms with Crippen LogP contribution in [0.2, 0.25) is 5.02 Å². The number of aromatic nitrogens is 2. The van der Waals surface area contributed by atoms with Crippen molar-refractivity contribution in [2.24, 2.45) is 0 Å². The molecule has 0 aliphatic carbocycles. The number of rotatable bonds is 6. The molecule has 0 bridgehead atoms. The summed E-state index contributed by atoms with van der Waals surface area (Å²) < 4.78 is 24.1. The Morgan fingerprint density at radius 1 is 1.36 bits per heavy atom. The van der Waals surface area contributed by atoms with E-state index in [0.29, 0.717) is 5.95 Å². The van der Waals surface area contributed by atoms with Crippen LogP contribution in [0.25, 0.3) is 0 Å². The fourth-order valence-electron chi connectivity index (χ4n) is 2.08. The van der Waals surface area contributed by atoms with Crippen LogP contribution >= 0.6 is 11.6 Å². The Balaban J connectivity index is 1.97. The highest BCUT2D eigenvalue weighted by Crippen LogP contribution is 2.19. The van der Waals surface area contributed by atoms with Gasteiger partial charge < -0.3 is 10.2 Å². The summed E-state index contributed by atoms with van der Waals surface area (Å²) in [7, 11) is -3.27. The Kier molecular flexibility index (Phi) is 5.54. The number of hydrogen-bond acceptors (Lipinski definition) is 6. The Labute approximate surface area is 134 Å². The average molecular weight is 348 g/mol. The predicted octanol–water partition coefficient (Wildman–Crippen LogP) is 0.00920. The SMILES string of the molecule is CS(=O)(=O)NCCNC(=O)c1nc(N2CCCC2)ncc1Cl. The van der Waals surface area contributed by atoms with E-state index in [9.17, 15) is 13.2 Å². The molecule has 0 atom stereocenters. The molecule has 2 rings (SSSR count). The van der Waals surface area contributed by atoms with E-state index < -0.39 is 15.9 Å². The minimum absolute atomic E-state index is 0.0953. The third-order valence-corrected chi connectivity index (χ3v) is 4.12. The fraction of sp³-hybridized carbons (Fsp3) is 0.583. The van der Waals surface area contributed by atoms with Crippen molar-refractivity contribution in [1.82, 2.24) is 20.0 Å². The topological polar surface area (TPSA) is 104 Å². The summed E-state index contributed by atoms with van der Waals surface area (Å²) in [5.74, 6) is 0.0319. The van der Waals surface area contributed by atoms with Gasteiger partial charge in [-0.1, -0.05) is 11.6 Å². The van der Waals surface area contributed by atoms with E-state index in [4.69, 9.17) is 11.6 Å². The zero-order valence-electron chi connectivity index (χ0n) is 12.2. The molecule has 1 saturated heterocycles. The van der Waals surface area contributed by atoms with Crippen LogP contribution in [-0.2, 0) is 10.0 Å². The number of halogens is 1. The number of amides is 1. The monoisotopic (exact) mass is 347 g/mol. The van der Waals surface area contributed by atoms with Crippen LogP contribution in [0.15, 0.2) is 6.20 Å². The van der Waals surface area contributed by atoms with Crippen molar-refractivity contribution in [2.45, 2.75) is 12.8 Å². The molecular weight excluding hydrogens is 330 g/mol. The van der Waals surface area contributed by atoms with Gasteiger partial charge in [0.2, 0.25) is 16.0 Å². The lowest BCUT2D eigenvalue weighted by atomic mass is 10.3. The summed E-state index contributed by atoms with van der Waals surface area (Å²) in [4.78, 5) is 22.4. The first kappa shape index (κ1) is 16.9. The molecule has 10 heteroatoms. The molecule has 0 aromatic carbocycles. The van der Waals surface area contributed by atoms with Crippen molar-refractivity contribution in [1.29, 1.82) is 0 Å². The first-order valence-electron chi connectivity index (χ1n) is 6.87. The van der Waals surface area contributed by atoms with Gasteiger partial charge in [0.25, 0.3) is 5.91 Å². The first-order valence-corrected chi connectivity index (χ1v) is 9.14. The van der Waals surface area contributed by atoms with E-state index in [1.165, 1.54) is 6.20 Å². The van der Waals surface area contributed by atoms with Gasteiger partial charge in [-0.3, -0.25) is 4.79 Å². The molecule has 0 saturated carbocycles. The van der Waals surface area contributed by atoms with Gasteiger partial charge in [-0.25, -0.2) is 23.1 Å². The molecule has 8 nitrogen and oxygen atoms in total. The van der Waals surface area contributed by atoms with E-state index in [0.717, 1.165) is 32.2 Å². The summed E-state index contributed by atoms with van der Waals surface area (Å²) in [6, 6.07) is 0. The van der Waals surface area contributed by atoms with Gasteiger partial charge >= 0.3 is 0 Å². The maximum atomic E-state index is 12.1. The van der Waals surface area contributed by atoms with Gasteiger partial charge in [0, 0.05) is 26.2 Å². The van der Waals surface area contributed by atoms with Crippen molar-refractivity contribution < 1.29 is 13.2 Å². The maximum Gasteiger partial charge on any atom is 0.271 e. The molecule has 0 radical (unpaired) electrons. The molecule has 1 amide bonds. The van der Waals surface area contributed by atoms with Crippen LogP contribution in [0.4, 0.5) is 5.95 Å². The summed E-state index contributed by atoms with van der Waals surface area (Å²) in [5.41, 5.74) is 0.0953. The minimum Gasteiger partial charge on any atom is -0.349 e. The molecule has 1 aliphatic heterocycles. The Hall–Kier alpha value is -1.45. The van der Waals surface area contributed by atoms with Gasteiger partial charge in [-0.2, -0.15) is 0 Å². The minimum atomic E-state index is -3.27. The van der Waals surface area contributed by atoms with Gasteiger partial charge in [0.05, 0.1) is 17.5 Å². The Morgan fingerprint density at radius 2 is 2.05 bits per heavy atom. The second-order valence-corrected chi connectivity index (χ2v) is 7.22. The van der Waals surface area contributed by atoms with Gasteiger partial charge in [-0.15, -0.1) is 0 Å². The van der Waals surface area contributed by atoms with Crippen LogP contribution in [0.3, 0.4) is 0 Å². The molecule has 2 N–H and O–H groups in total. The highest BCUT2D eigenvalue weighted by Gasteiger charge is 2.19. The lowest BCUT2D eigenvalue weighted by Crippen LogP contribution is -2.35. The highest BCUT2D eigenvalue weighted by atomic mass is 35.5. The van der Waals surface area contributed by atoms with Gasteiger partial charge in [0.1, 0.15) is 0 Å². The fourth-order valence-corrected chi connectivity index (χ4v) is 2.73. The van der Waals surface area contributed by atoms with Gasteiger partial charge in [-0.05, 0) is 12.8 Å². The second-order valence-electron chi connectivity index (χ2n) is 4.98. The molecule has 1 aliphatic rings. The zero-order chi connectivity index (χ0) is 16.2. The maximum absolute atomic E-state index is 12.1. The summed E-state index contributed by atoms with van der Waals surface area (Å²) >= 11 is 5.97. The molecule has 2 heterocycles. The van der Waals surface area contributed by atoms with Gasteiger partial charge in [0.15, 0.2) is 5.69 Å². The molecule has 1 aromatic rings. The third-order valence-electron chi connectivity index (χ3n) is 3.11. The lowest BCUT2D eigenvalue weighted by Gasteiger charge is -2.15. The third kappa shape index (κ3) is 4.79. The van der Waals surface area contributed by atoms with E-state index in [1.807, 2.05) is 4.90 Å². The van der Waals surface area contributed by atoms with Crippen molar-refractivity contribution >= 4 is 33.5 Å². The van der Waals surface area contributed by atoms with Crippen molar-refractivity contribution in [2.75, 3.05) is 37.3 Å². The summed E-state index contributed by atoms with van der Waals surface area (Å²) in [6.07, 6.45) is 4.61. The van der Waals surface area contributed by atoms with E-state index in [1.54, 1.807) is 0 Å². The number of hydrogen-bond donors (Lipinski definition) is 2. The first-order chi connectivity index (χ1) is 10.4. The summed E-state index contributed by atoms with van der Waals surface area (Å²) in [6.45, 7) is 1.97. The highest BCUT2D eigenvalue weighted by molar-refractivity contribution is 7.88. The lowest BCUT2D eigenvalue weighted by molar-refractivity contribution is 0.0949. The quantitative estimate of drug-likeness (QED) is 0.702. The van der Waals surface area contributed by atoms with Crippen LogP contribution in [0.1, 0.15) is 23.3 Å². The number of sulfonamides is 1. The molecule has 0 unspecified atom stereocenters. The van der Waals surface area contributed by atoms with Crippen molar-refractivity contribution in [3.63, 3.8) is 0 Å². The predicted molar refractivity (Wildman–Crippen MR) is 83.7 cm³/mol. The van der Waals surface area contributed by atoms with Crippen LogP contribution in [0.5, 0.6) is 0 Å². The molecular formula is C12H18ClN5O3S. The number of carbonyl (C=O) groups excluding carboxylic acids is 1. The smallest absolute Gasteiger partial charge is 0.271 e. The number of anilines is 1. The van der Waals surface area contributed by atoms with Crippen molar-refractivity contribution in [3.8, 4) is 0 Å². The number of carbonyl (C=O) groups is 1. The molecule has 1 aromatic heterocycles. The van der Waals surface area contributed by atoms with E-state index >= 15 is 0 Å². The Morgan fingerprint density at radius 3 is 2.68 bits per heavy atom. The molecule has 1 fully saturated rings. The largest absolute Gasteiger partial charge is 0.349 e. The standard InChI is InChI=1S/C12H18ClN5O3S/c1-22(20,21)16-5-4-14-11(19)10-9(13)8-15-12(17-10)18-6-2-3-7-18/h8,16H,2-7H2,1H3,(H,14,19). The molecule has 0 spiro atoms. The number of nitrogens with one attached hydrogen (secondary N) is 2. The van der Waals surface area contributed by atoms with Crippen LogP contribution < -0.4 is 14.9 Å². The van der Waals surface area contributed by atoms with Crippen LogP contribution in [0, 0.1) is 0 Å². The number of nitrogens with zero attached hydrogens (tertiary/aromatic N) is 3. The second kappa shape index (κ2) is 7.21. The molecule has 22 heavy (non-hydrogen) atoms. The molecule has 122 valence electrons.